The van der Waals surface area contributed by atoms with E-state index in [0.29, 0.717) is 12.8 Å². The molecule has 2 aliphatic heterocycles. The van der Waals surface area contributed by atoms with Crippen LogP contribution in [0.3, 0.4) is 0 Å². The van der Waals surface area contributed by atoms with Crippen molar-refractivity contribution < 1.29 is 9.59 Å². The Bertz CT molecular complexity index is 543. The van der Waals surface area contributed by atoms with E-state index < -0.39 is 0 Å². The predicted octanol–water partition coefficient (Wildman–Crippen LogP) is 2.17. The molecular formula is C17H22N2O2S. The standard InChI is InChI=1S/C17H22N2O2S/c1-18-15(20)8-7-14(16(18)13-5-3-2-4-6-13)17(21)19-9-11-22-12-10-19/h2-6,14,16H,7-12H2,1H3/t14-,16-/m0/s1. The zero-order valence-corrected chi connectivity index (χ0v) is 13.7. The smallest absolute Gasteiger partial charge is 0.228 e. The monoisotopic (exact) mass is 318 g/mol. The summed E-state index contributed by atoms with van der Waals surface area (Å²) < 4.78 is 0. The van der Waals surface area contributed by atoms with Crippen LogP contribution < -0.4 is 0 Å². The van der Waals surface area contributed by atoms with Gasteiger partial charge in [0.15, 0.2) is 0 Å². The highest BCUT2D eigenvalue weighted by Gasteiger charge is 2.40. The minimum absolute atomic E-state index is 0.117. The van der Waals surface area contributed by atoms with Crippen LogP contribution in [-0.2, 0) is 9.59 Å². The fourth-order valence-electron chi connectivity index (χ4n) is 3.42. The van der Waals surface area contributed by atoms with Crippen LogP contribution in [0.2, 0.25) is 0 Å². The molecule has 0 aliphatic carbocycles. The van der Waals surface area contributed by atoms with E-state index in [9.17, 15) is 9.59 Å². The van der Waals surface area contributed by atoms with E-state index in [1.165, 1.54) is 0 Å². The maximum atomic E-state index is 13.0. The second-order valence-electron chi connectivity index (χ2n) is 5.94. The van der Waals surface area contributed by atoms with Crippen LogP contribution in [0.15, 0.2) is 30.3 Å². The number of carbonyl (C=O) groups excluding carboxylic acids is 2. The summed E-state index contributed by atoms with van der Waals surface area (Å²) in [6.45, 7) is 1.67. The van der Waals surface area contributed by atoms with E-state index in [2.05, 4.69) is 0 Å². The largest absolute Gasteiger partial charge is 0.341 e. The third-order valence-electron chi connectivity index (χ3n) is 4.64. The average molecular weight is 318 g/mol. The first-order valence-corrected chi connectivity index (χ1v) is 9.01. The van der Waals surface area contributed by atoms with Crippen LogP contribution in [0.25, 0.3) is 0 Å². The SMILES string of the molecule is CN1C(=O)CC[C@H](C(=O)N2CCSCC2)[C@@H]1c1ccccc1. The molecule has 118 valence electrons. The number of amides is 2. The number of likely N-dealkylation sites (tertiary alicyclic amines) is 1. The lowest BCUT2D eigenvalue weighted by molar-refractivity contribution is -0.146. The van der Waals surface area contributed by atoms with E-state index in [1.807, 2.05) is 54.0 Å². The third-order valence-corrected chi connectivity index (χ3v) is 5.58. The highest BCUT2D eigenvalue weighted by atomic mass is 32.2. The first-order chi connectivity index (χ1) is 10.7. The van der Waals surface area contributed by atoms with Crippen molar-refractivity contribution in [3.05, 3.63) is 35.9 Å². The molecule has 0 radical (unpaired) electrons. The number of carbonyl (C=O) groups is 2. The lowest BCUT2D eigenvalue weighted by Gasteiger charge is -2.41. The number of piperidine rings is 1. The molecule has 0 saturated carbocycles. The third kappa shape index (κ3) is 3.00. The van der Waals surface area contributed by atoms with Gasteiger partial charge in [-0.25, -0.2) is 0 Å². The van der Waals surface area contributed by atoms with Gasteiger partial charge in [0.25, 0.3) is 0 Å². The number of nitrogens with zero attached hydrogens (tertiary/aromatic N) is 2. The van der Waals surface area contributed by atoms with Gasteiger partial charge >= 0.3 is 0 Å². The Hall–Kier alpha value is -1.49. The van der Waals surface area contributed by atoms with Gasteiger partial charge < -0.3 is 9.80 Å². The molecule has 22 heavy (non-hydrogen) atoms. The fraction of sp³-hybridized carbons (Fsp3) is 0.529. The molecule has 1 aromatic carbocycles. The Kier molecular flexibility index (Phi) is 4.71. The summed E-state index contributed by atoms with van der Waals surface area (Å²) in [4.78, 5) is 28.8. The molecule has 3 rings (SSSR count). The summed E-state index contributed by atoms with van der Waals surface area (Å²) in [6.07, 6.45) is 1.13. The zero-order valence-electron chi connectivity index (χ0n) is 12.9. The summed E-state index contributed by atoms with van der Waals surface area (Å²) in [5.41, 5.74) is 1.06. The fourth-order valence-corrected chi connectivity index (χ4v) is 4.32. The molecule has 5 heteroatoms. The quantitative estimate of drug-likeness (QED) is 0.839. The number of benzene rings is 1. The molecule has 2 atom stereocenters. The summed E-state index contributed by atoms with van der Waals surface area (Å²) in [5, 5.41) is 0. The van der Waals surface area contributed by atoms with Crippen LogP contribution >= 0.6 is 11.8 Å². The Morgan fingerprint density at radius 3 is 2.55 bits per heavy atom. The summed E-state index contributed by atoms with van der Waals surface area (Å²) in [7, 11) is 1.82. The normalized spacial score (nSPS) is 26.1. The van der Waals surface area contributed by atoms with Crippen molar-refractivity contribution >= 4 is 23.6 Å². The lowest BCUT2D eigenvalue weighted by atomic mass is 9.83. The van der Waals surface area contributed by atoms with Crippen LogP contribution in [0.1, 0.15) is 24.4 Å². The molecule has 0 unspecified atom stereocenters. The number of hydrogen-bond acceptors (Lipinski definition) is 3. The minimum atomic E-state index is -0.135. The van der Waals surface area contributed by atoms with E-state index in [4.69, 9.17) is 0 Å². The summed E-state index contributed by atoms with van der Waals surface area (Å²) in [5.74, 6) is 2.26. The molecule has 2 saturated heterocycles. The van der Waals surface area contributed by atoms with Crippen molar-refractivity contribution in [3.8, 4) is 0 Å². The second kappa shape index (κ2) is 6.73. The molecular weight excluding hydrogens is 296 g/mol. The molecule has 0 spiro atoms. The van der Waals surface area contributed by atoms with Crippen molar-refractivity contribution in [3.63, 3.8) is 0 Å². The molecule has 2 fully saturated rings. The second-order valence-corrected chi connectivity index (χ2v) is 7.17. The van der Waals surface area contributed by atoms with E-state index in [-0.39, 0.29) is 23.8 Å². The van der Waals surface area contributed by atoms with Gasteiger partial charge in [-0.1, -0.05) is 30.3 Å². The Labute approximate surface area is 135 Å². The zero-order chi connectivity index (χ0) is 15.5. The molecule has 0 N–H and O–H groups in total. The number of thioether (sulfide) groups is 1. The van der Waals surface area contributed by atoms with Gasteiger partial charge in [-0.2, -0.15) is 11.8 Å². The first-order valence-electron chi connectivity index (χ1n) is 7.85. The Morgan fingerprint density at radius 2 is 1.86 bits per heavy atom. The highest BCUT2D eigenvalue weighted by molar-refractivity contribution is 7.99. The lowest BCUT2D eigenvalue weighted by Crippen LogP contribution is -2.49. The van der Waals surface area contributed by atoms with Gasteiger partial charge in [0.05, 0.1) is 12.0 Å². The molecule has 4 nitrogen and oxygen atoms in total. The average Bonchev–Trinajstić information content (AvgIpc) is 2.58. The number of rotatable bonds is 2. The van der Waals surface area contributed by atoms with Crippen molar-refractivity contribution in [1.29, 1.82) is 0 Å². The van der Waals surface area contributed by atoms with E-state index in [0.717, 1.165) is 30.2 Å². The van der Waals surface area contributed by atoms with Crippen molar-refractivity contribution in [1.82, 2.24) is 9.80 Å². The predicted molar refractivity (Wildman–Crippen MR) is 88.6 cm³/mol. The number of hydrogen-bond donors (Lipinski definition) is 0. The van der Waals surface area contributed by atoms with E-state index in [1.54, 1.807) is 4.90 Å². The Morgan fingerprint density at radius 1 is 1.18 bits per heavy atom. The van der Waals surface area contributed by atoms with Gasteiger partial charge in [-0.15, -0.1) is 0 Å². The van der Waals surface area contributed by atoms with Crippen LogP contribution in [0, 0.1) is 5.92 Å². The molecule has 0 aromatic heterocycles. The van der Waals surface area contributed by atoms with Gasteiger partial charge in [-0.3, -0.25) is 9.59 Å². The Balaban J connectivity index is 1.86. The van der Waals surface area contributed by atoms with Gasteiger partial charge in [0.1, 0.15) is 0 Å². The van der Waals surface area contributed by atoms with Crippen molar-refractivity contribution in [2.24, 2.45) is 5.92 Å². The van der Waals surface area contributed by atoms with Gasteiger partial charge in [-0.05, 0) is 12.0 Å². The van der Waals surface area contributed by atoms with Crippen molar-refractivity contribution in [2.75, 3.05) is 31.6 Å². The van der Waals surface area contributed by atoms with Crippen molar-refractivity contribution in [2.45, 2.75) is 18.9 Å². The van der Waals surface area contributed by atoms with Crippen LogP contribution in [0.4, 0.5) is 0 Å². The van der Waals surface area contributed by atoms with Gasteiger partial charge in [0, 0.05) is 38.1 Å². The molecule has 1 aromatic rings. The molecule has 2 aliphatic rings. The molecule has 0 bridgehead atoms. The molecule has 2 amide bonds. The maximum Gasteiger partial charge on any atom is 0.228 e. The van der Waals surface area contributed by atoms with Crippen LogP contribution in [-0.4, -0.2) is 53.3 Å². The van der Waals surface area contributed by atoms with Crippen LogP contribution in [0.5, 0.6) is 0 Å². The maximum absolute atomic E-state index is 13.0. The molecule has 2 heterocycles. The topological polar surface area (TPSA) is 40.6 Å². The minimum Gasteiger partial charge on any atom is -0.341 e. The van der Waals surface area contributed by atoms with E-state index >= 15 is 0 Å². The summed E-state index contributed by atoms with van der Waals surface area (Å²) in [6, 6.07) is 9.82. The van der Waals surface area contributed by atoms with Gasteiger partial charge in [0.2, 0.25) is 11.8 Å². The first kappa shape index (κ1) is 15.4. The highest BCUT2D eigenvalue weighted by Crippen LogP contribution is 2.37. The summed E-state index contributed by atoms with van der Waals surface area (Å²) >= 11 is 1.90.